The van der Waals surface area contributed by atoms with Crippen LogP contribution in [0.5, 0.6) is 11.5 Å². The van der Waals surface area contributed by atoms with Gasteiger partial charge in [0.05, 0.1) is 0 Å². The molecule has 0 unspecified atom stereocenters. The number of hydrogen-bond donors (Lipinski definition) is 2. The topological polar surface area (TPSA) is 24.9 Å². The van der Waals surface area contributed by atoms with Crippen molar-refractivity contribution < 1.29 is 9.47 Å². The molecular formula is C27H38N2O2S2. The fourth-order valence-corrected chi connectivity index (χ4v) is 5.27. The van der Waals surface area contributed by atoms with Gasteiger partial charge < -0.3 is 9.47 Å². The highest BCUT2D eigenvalue weighted by atomic mass is 32.1. The van der Waals surface area contributed by atoms with Crippen LogP contribution >= 0.6 is 25.3 Å². The minimum atomic E-state index is -0.125. The Morgan fingerprint density at radius 2 is 1.18 bits per heavy atom. The first-order chi connectivity index (χ1) is 15.8. The summed E-state index contributed by atoms with van der Waals surface area (Å²) in [4.78, 5) is 4.74. The molecule has 180 valence electrons. The molecule has 0 radical (unpaired) electrons. The standard InChI is InChI=1S/C27H38N2O2S2/c1-19-11-23(13-21-15-28(7-5-9-32)17-30-25(19)21)27(3,4)24-12-20(2)26-22(14-24)16-29(18-31-26)8-6-10-33/h11-14,32-33H,5-10,15-18H2,1-4H3. The number of nitrogens with zero attached hydrogens (tertiary/aromatic N) is 2. The highest BCUT2D eigenvalue weighted by Crippen LogP contribution is 2.40. The number of fused-ring (bicyclic) bond motifs is 2. The third-order valence-corrected chi connectivity index (χ3v) is 7.61. The number of hydrogen-bond acceptors (Lipinski definition) is 6. The Balaban J connectivity index is 1.64. The maximum atomic E-state index is 6.15. The fourth-order valence-electron chi connectivity index (χ4n) is 4.99. The summed E-state index contributed by atoms with van der Waals surface area (Å²) in [5.74, 6) is 3.93. The van der Waals surface area contributed by atoms with E-state index in [9.17, 15) is 0 Å². The molecule has 0 saturated heterocycles. The third kappa shape index (κ3) is 5.34. The summed E-state index contributed by atoms with van der Waals surface area (Å²) >= 11 is 8.74. The Hall–Kier alpha value is -1.34. The molecule has 0 N–H and O–H groups in total. The SMILES string of the molecule is Cc1cc(C(C)(C)c2cc(C)c3c(c2)CN(CCCS)CO3)cc2c1OCN(CCCS)C2. The number of rotatable bonds is 8. The Labute approximate surface area is 210 Å². The van der Waals surface area contributed by atoms with Crippen LogP contribution < -0.4 is 9.47 Å². The number of aryl methyl sites for hydroxylation is 2. The summed E-state index contributed by atoms with van der Waals surface area (Å²) < 4.78 is 12.3. The molecule has 4 rings (SSSR count). The van der Waals surface area contributed by atoms with Crippen LogP contribution in [0, 0.1) is 13.8 Å². The van der Waals surface area contributed by atoms with Gasteiger partial charge in [0, 0.05) is 42.7 Å². The summed E-state index contributed by atoms with van der Waals surface area (Å²) in [5, 5.41) is 0. The van der Waals surface area contributed by atoms with Gasteiger partial charge in [-0.15, -0.1) is 0 Å². The summed E-state index contributed by atoms with van der Waals surface area (Å²) in [6.45, 7) is 14.2. The molecule has 0 bridgehead atoms. The molecule has 2 aromatic carbocycles. The molecule has 2 aliphatic heterocycles. The largest absolute Gasteiger partial charge is 0.478 e. The van der Waals surface area contributed by atoms with E-state index < -0.39 is 0 Å². The highest BCUT2D eigenvalue weighted by molar-refractivity contribution is 7.80. The first-order valence-electron chi connectivity index (χ1n) is 12.0. The third-order valence-electron chi connectivity index (χ3n) is 6.98. The predicted octanol–water partition coefficient (Wildman–Crippen LogP) is 5.57. The molecule has 2 heterocycles. The molecule has 0 fully saturated rings. The molecule has 0 amide bonds. The van der Waals surface area contributed by atoms with Gasteiger partial charge in [0.25, 0.3) is 0 Å². The van der Waals surface area contributed by atoms with Crippen LogP contribution in [0.3, 0.4) is 0 Å². The van der Waals surface area contributed by atoms with E-state index in [1.165, 1.54) is 33.4 Å². The van der Waals surface area contributed by atoms with Gasteiger partial charge in [0.1, 0.15) is 25.0 Å². The Morgan fingerprint density at radius 1 is 0.758 bits per heavy atom. The van der Waals surface area contributed by atoms with Crippen molar-refractivity contribution in [2.45, 2.75) is 59.0 Å². The van der Waals surface area contributed by atoms with Gasteiger partial charge >= 0.3 is 0 Å². The molecule has 2 aromatic rings. The lowest BCUT2D eigenvalue weighted by Crippen LogP contribution is -2.34. The highest BCUT2D eigenvalue weighted by Gasteiger charge is 2.30. The second kappa shape index (κ2) is 10.5. The lowest BCUT2D eigenvalue weighted by Gasteiger charge is -2.35. The lowest BCUT2D eigenvalue weighted by atomic mass is 9.75. The molecule has 0 aliphatic carbocycles. The van der Waals surface area contributed by atoms with E-state index in [1.807, 2.05) is 0 Å². The summed E-state index contributed by atoms with van der Waals surface area (Å²) in [6, 6.07) is 9.35. The number of thiol groups is 2. The average molecular weight is 487 g/mol. The zero-order valence-electron chi connectivity index (χ0n) is 20.5. The van der Waals surface area contributed by atoms with E-state index in [-0.39, 0.29) is 5.41 Å². The Morgan fingerprint density at radius 3 is 1.58 bits per heavy atom. The molecule has 0 spiro atoms. The van der Waals surface area contributed by atoms with E-state index >= 15 is 0 Å². The zero-order valence-corrected chi connectivity index (χ0v) is 22.3. The van der Waals surface area contributed by atoms with Crippen molar-refractivity contribution >= 4 is 25.3 Å². The lowest BCUT2D eigenvalue weighted by molar-refractivity contribution is 0.0948. The quantitative estimate of drug-likeness (QED) is 0.477. The first kappa shape index (κ1) is 24.8. The van der Waals surface area contributed by atoms with E-state index in [0.29, 0.717) is 13.5 Å². The van der Waals surface area contributed by atoms with Crippen molar-refractivity contribution in [3.63, 3.8) is 0 Å². The van der Waals surface area contributed by atoms with Crippen molar-refractivity contribution in [3.05, 3.63) is 57.6 Å². The van der Waals surface area contributed by atoms with Crippen LogP contribution in [0.25, 0.3) is 0 Å². The van der Waals surface area contributed by atoms with Gasteiger partial charge in [-0.05, 0) is 72.6 Å². The van der Waals surface area contributed by atoms with Gasteiger partial charge in [-0.2, -0.15) is 25.3 Å². The molecule has 6 heteroatoms. The molecule has 0 saturated carbocycles. The average Bonchev–Trinajstić information content (AvgIpc) is 2.80. The molecule has 0 atom stereocenters. The summed E-state index contributed by atoms with van der Waals surface area (Å²) in [6.07, 6.45) is 2.15. The summed E-state index contributed by atoms with van der Waals surface area (Å²) in [7, 11) is 0. The van der Waals surface area contributed by atoms with Crippen molar-refractivity contribution in [3.8, 4) is 11.5 Å². The minimum Gasteiger partial charge on any atom is -0.478 e. The van der Waals surface area contributed by atoms with Crippen LogP contribution in [0.4, 0.5) is 0 Å². The monoisotopic (exact) mass is 486 g/mol. The molecule has 4 nitrogen and oxygen atoms in total. The smallest absolute Gasteiger partial charge is 0.142 e. The zero-order chi connectivity index (χ0) is 23.6. The van der Waals surface area contributed by atoms with Crippen molar-refractivity contribution in [2.75, 3.05) is 38.1 Å². The summed E-state index contributed by atoms with van der Waals surface area (Å²) in [5.41, 5.74) is 7.57. The number of ether oxygens (including phenoxy) is 2. The molecule has 2 aliphatic rings. The van der Waals surface area contributed by atoms with Crippen molar-refractivity contribution in [1.29, 1.82) is 0 Å². The minimum absolute atomic E-state index is 0.125. The van der Waals surface area contributed by atoms with Crippen LogP contribution in [0.2, 0.25) is 0 Å². The fraction of sp³-hybridized carbons (Fsp3) is 0.556. The van der Waals surface area contributed by atoms with Gasteiger partial charge in [-0.1, -0.05) is 26.0 Å². The van der Waals surface area contributed by atoms with E-state index in [2.05, 4.69) is 87.0 Å². The van der Waals surface area contributed by atoms with E-state index in [1.54, 1.807) is 0 Å². The van der Waals surface area contributed by atoms with E-state index in [4.69, 9.17) is 9.47 Å². The predicted molar refractivity (Wildman–Crippen MR) is 143 cm³/mol. The Bertz CT molecular complexity index is 915. The molecular weight excluding hydrogens is 448 g/mol. The van der Waals surface area contributed by atoms with E-state index in [0.717, 1.165) is 62.0 Å². The van der Waals surface area contributed by atoms with Crippen LogP contribution in [0.1, 0.15) is 60.1 Å². The molecule has 0 aromatic heterocycles. The van der Waals surface area contributed by atoms with Crippen LogP contribution in [-0.4, -0.2) is 47.9 Å². The van der Waals surface area contributed by atoms with Crippen LogP contribution in [0.15, 0.2) is 24.3 Å². The second-order valence-corrected chi connectivity index (χ2v) is 10.9. The van der Waals surface area contributed by atoms with Crippen molar-refractivity contribution in [2.24, 2.45) is 0 Å². The maximum Gasteiger partial charge on any atom is 0.142 e. The van der Waals surface area contributed by atoms with Crippen molar-refractivity contribution in [1.82, 2.24) is 9.80 Å². The van der Waals surface area contributed by atoms with Gasteiger partial charge in [-0.25, -0.2) is 0 Å². The maximum absolute atomic E-state index is 6.15. The van der Waals surface area contributed by atoms with Crippen LogP contribution in [-0.2, 0) is 18.5 Å². The Kier molecular flexibility index (Phi) is 7.89. The van der Waals surface area contributed by atoms with Gasteiger partial charge in [-0.3, -0.25) is 9.80 Å². The first-order valence-corrected chi connectivity index (χ1v) is 13.3. The normalized spacial score (nSPS) is 16.7. The van der Waals surface area contributed by atoms with Gasteiger partial charge in [0.15, 0.2) is 0 Å². The van der Waals surface area contributed by atoms with Gasteiger partial charge in [0.2, 0.25) is 0 Å². The molecule has 33 heavy (non-hydrogen) atoms. The number of benzene rings is 2. The second-order valence-electron chi connectivity index (χ2n) is 9.99.